The summed E-state index contributed by atoms with van der Waals surface area (Å²) in [7, 11) is 0. The van der Waals surface area contributed by atoms with Gasteiger partial charge in [-0.25, -0.2) is 4.98 Å². The van der Waals surface area contributed by atoms with Crippen molar-refractivity contribution in [3.8, 4) is 11.4 Å². The fourth-order valence-corrected chi connectivity index (χ4v) is 6.33. The number of carbonyl (C=O) groups excluding carboxylic acids is 2. The molecule has 1 saturated carbocycles. The number of aromatic nitrogens is 2. The van der Waals surface area contributed by atoms with Gasteiger partial charge >= 0.3 is 5.97 Å². The lowest BCUT2D eigenvalue weighted by Gasteiger charge is -2.33. The predicted octanol–water partition coefficient (Wildman–Crippen LogP) is 6.45. The average Bonchev–Trinajstić information content (AvgIpc) is 3.76. The van der Waals surface area contributed by atoms with Crippen LogP contribution in [0.3, 0.4) is 0 Å². The summed E-state index contributed by atoms with van der Waals surface area (Å²) in [6.07, 6.45) is 4.61. The second kappa shape index (κ2) is 11.0. The number of nitrogens with one attached hydrogen (secondary N) is 2. The van der Waals surface area contributed by atoms with Crippen molar-refractivity contribution in [2.75, 3.05) is 35.2 Å². The Bertz CT molecular complexity index is 1660. The average molecular weight is 584 g/mol. The fourth-order valence-electron chi connectivity index (χ4n) is 6.21. The molecule has 9 heteroatoms. The molecule has 7 rings (SSSR count). The molecular formula is C33H34ClN5O3. The molecule has 216 valence electrons. The summed E-state index contributed by atoms with van der Waals surface area (Å²) in [5.74, 6) is 0.423. The summed E-state index contributed by atoms with van der Waals surface area (Å²) >= 11 is 6.16. The van der Waals surface area contributed by atoms with Crippen LogP contribution in [0.5, 0.6) is 0 Å². The lowest BCUT2D eigenvalue weighted by atomic mass is 9.97. The van der Waals surface area contributed by atoms with E-state index in [1.807, 2.05) is 43.3 Å². The molecule has 1 saturated heterocycles. The summed E-state index contributed by atoms with van der Waals surface area (Å²) in [5, 5.41) is 7.43. The Hall–Kier alpha value is -4.04. The SMILES string of the molecule is CCOC(=O)C1CCCN(c2ccc3c(c2)nc2n3C(Cc3ccc(Cl)cc3)C(=O)Nc3ccc(NC4CC4)cc3-2)C1. The largest absolute Gasteiger partial charge is 0.466 e. The van der Waals surface area contributed by atoms with Crippen LogP contribution in [-0.2, 0) is 20.7 Å². The van der Waals surface area contributed by atoms with Gasteiger partial charge in [-0.2, -0.15) is 0 Å². The molecule has 1 amide bonds. The van der Waals surface area contributed by atoms with E-state index in [9.17, 15) is 9.59 Å². The maximum atomic E-state index is 13.8. The van der Waals surface area contributed by atoms with E-state index in [-0.39, 0.29) is 17.8 Å². The lowest BCUT2D eigenvalue weighted by Crippen LogP contribution is -2.39. The van der Waals surface area contributed by atoms with Crippen molar-refractivity contribution in [3.05, 3.63) is 71.2 Å². The Morgan fingerprint density at radius 2 is 1.93 bits per heavy atom. The molecule has 3 heterocycles. The summed E-state index contributed by atoms with van der Waals surface area (Å²) < 4.78 is 7.41. The summed E-state index contributed by atoms with van der Waals surface area (Å²) in [5.41, 5.74) is 6.44. The zero-order valence-corrected chi connectivity index (χ0v) is 24.4. The maximum absolute atomic E-state index is 13.8. The molecule has 3 aliphatic rings. The minimum atomic E-state index is -0.507. The highest BCUT2D eigenvalue weighted by atomic mass is 35.5. The molecule has 2 N–H and O–H groups in total. The van der Waals surface area contributed by atoms with Crippen LogP contribution in [0.25, 0.3) is 22.4 Å². The van der Waals surface area contributed by atoms with Gasteiger partial charge in [0.2, 0.25) is 5.91 Å². The predicted molar refractivity (Wildman–Crippen MR) is 166 cm³/mol. The van der Waals surface area contributed by atoms with Crippen LogP contribution < -0.4 is 15.5 Å². The van der Waals surface area contributed by atoms with Crippen LogP contribution >= 0.6 is 11.6 Å². The molecule has 3 aromatic carbocycles. The Balaban J connectivity index is 1.31. The van der Waals surface area contributed by atoms with E-state index in [0.717, 1.165) is 64.4 Å². The molecule has 0 bridgehead atoms. The smallest absolute Gasteiger partial charge is 0.310 e. The molecule has 42 heavy (non-hydrogen) atoms. The number of nitrogens with zero attached hydrogens (tertiary/aromatic N) is 3. The van der Waals surface area contributed by atoms with Crippen molar-refractivity contribution in [1.82, 2.24) is 9.55 Å². The van der Waals surface area contributed by atoms with Crippen LogP contribution in [0.2, 0.25) is 5.02 Å². The van der Waals surface area contributed by atoms with Gasteiger partial charge in [0.15, 0.2) is 0 Å². The number of hydrogen-bond donors (Lipinski definition) is 2. The van der Waals surface area contributed by atoms with Gasteiger partial charge in [-0.15, -0.1) is 0 Å². The molecule has 2 atom stereocenters. The fraction of sp³-hybridized carbons (Fsp3) is 0.364. The Morgan fingerprint density at radius 1 is 1.10 bits per heavy atom. The van der Waals surface area contributed by atoms with Crippen molar-refractivity contribution >= 4 is 51.6 Å². The molecule has 8 nitrogen and oxygen atoms in total. The summed E-state index contributed by atoms with van der Waals surface area (Å²) in [6.45, 7) is 3.73. The first-order chi connectivity index (χ1) is 20.5. The van der Waals surface area contributed by atoms with Gasteiger partial charge in [-0.05, 0) is 86.7 Å². The Kier molecular flexibility index (Phi) is 7.02. The number of halogens is 1. The van der Waals surface area contributed by atoms with E-state index in [2.05, 4.69) is 44.4 Å². The first-order valence-electron chi connectivity index (χ1n) is 14.9. The number of rotatable bonds is 7. The minimum Gasteiger partial charge on any atom is -0.466 e. The molecule has 2 aliphatic heterocycles. The number of amides is 1. The molecule has 0 radical (unpaired) electrons. The van der Waals surface area contributed by atoms with Crippen LogP contribution in [0.15, 0.2) is 60.7 Å². The second-order valence-electron chi connectivity index (χ2n) is 11.5. The quantitative estimate of drug-likeness (QED) is 0.243. The summed E-state index contributed by atoms with van der Waals surface area (Å²) in [4.78, 5) is 33.7. The molecule has 2 fully saturated rings. The van der Waals surface area contributed by atoms with Crippen LogP contribution in [-0.4, -0.2) is 47.2 Å². The number of fused-ring (bicyclic) bond motifs is 5. The summed E-state index contributed by atoms with van der Waals surface area (Å²) in [6, 6.07) is 20.0. The monoisotopic (exact) mass is 583 g/mol. The highest BCUT2D eigenvalue weighted by molar-refractivity contribution is 6.30. The van der Waals surface area contributed by atoms with Gasteiger partial charge < -0.3 is 24.8 Å². The van der Waals surface area contributed by atoms with Crippen molar-refractivity contribution < 1.29 is 14.3 Å². The third kappa shape index (κ3) is 5.20. The van der Waals surface area contributed by atoms with E-state index in [4.69, 9.17) is 21.3 Å². The van der Waals surface area contributed by atoms with E-state index >= 15 is 0 Å². The van der Waals surface area contributed by atoms with Crippen LogP contribution in [0, 0.1) is 5.92 Å². The number of imidazole rings is 1. The highest BCUT2D eigenvalue weighted by Crippen LogP contribution is 2.40. The van der Waals surface area contributed by atoms with Crippen molar-refractivity contribution in [2.24, 2.45) is 5.92 Å². The number of ether oxygens (including phenoxy) is 1. The molecular weight excluding hydrogens is 550 g/mol. The van der Waals surface area contributed by atoms with E-state index in [0.29, 0.717) is 30.6 Å². The number of hydrogen-bond acceptors (Lipinski definition) is 6. The number of esters is 1. The molecule has 2 unspecified atom stereocenters. The second-order valence-corrected chi connectivity index (χ2v) is 12.0. The van der Waals surface area contributed by atoms with Crippen molar-refractivity contribution in [2.45, 2.75) is 51.1 Å². The number of anilines is 3. The molecule has 0 spiro atoms. The van der Waals surface area contributed by atoms with Gasteiger partial charge in [0.05, 0.1) is 29.2 Å². The first-order valence-corrected chi connectivity index (χ1v) is 15.2. The normalized spacial score (nSPS) is 20.0. The number of benzene rings is 3. The van der Waals surface area contributed by atoms with Crippen LogP contribution in [0.1, 0.15) is 44.2 Å². The minimum absolute atomic E-state index is 0.0791. The zero-order valence-electron chi connectivity index (χ0n) is 23.6. The van der Waals surface area contributed by atoms with E-state index in [1.54, 1.807) is 0 Å². The van der Waals surface area contributed by atoms with Crippen molar-refractivity contribution in [3.63, 3.8) is 0 Å². The lowest BCUT2D eigenvalue weighted by molar-refractivity contribution is -0.148. The highest BCUT2D eigenvalue weighted by Gasteiger charge is 2.33. The number of piperidine rings is 1. The molecule has 4 aromatic rings. The molecule has 1 aliphatic carbocycles. The van der Waals surface area contributed by atoms with E-state index < -0.39 is 6.04 Å². The Labute approximate surface area is 250 Å². The Morgan fingerprint density at radius 3 is 2.71 bits per heavy atom. The molecule has 1 aromatic heterocycles. The van der Waals surface area contributed by atoms with Gasteiger partial charge in [0.1, 0.15) is 11.9 Å². The van der Waals surface area contributed by atoms with Crippen LogP contribution in [0.4, 0.5) is 17.1 Å². The van der Waals surface area contributed by atoms with Gasteiger partial charge in [0.25, 0.3) is 0 Å². The van der Waals surface area contributed by atoms with Crippen molar-refractivity contribution in [1.29, 1.82) is 0 Å². The third-order valence-electron chi connectivity index (χ3n) is 8.50. The standard InChI is InChI=1S/C33H34ClN5O3/c1-2-42-33(41)21-4-3-15-38(19-21)25-12-14-29-28(18-25)36-31-26-17-24(35-23-9-10-23)11-13-27(26)37-32(40)30(39(29)31)16-20-5-7-22(34)8-6-20/h5-8,11-14,17-18,21,23,30,35H,2-4,9-10,15-16,19H2,1H3,(H,37,40). The number of carbonyl (C=O) groups is 2. The van der Waals surface area contributed by atoms with Gasteiger partial charge in [0, 0.05) is 47.5 Å². The van der Waals surface area contributed by atoms with E-state index in [1.165, 1.54) is 12.8 Å². The third-order valence-corrected chi connectivity index (χ3v) is 8.75. The zero-order chi connectivity index (χ0) is 28.8. The maximum Gasteiger partial charge on any atom is 0.310 e. The van der Waals surface area contributed by atoms with Gasteiger partial charge in [-0.3, -0.25) is 9.59 Å². The first kappa shape index (κ1) is 26.8. The topological polar surface area (TPSA) is 88.5 Å². The van der Waals surface area contributed by atoms with Gasteiger partial charge in [-0.1, -0.05) is 23.7 Å².